The highest BCUT2D eigenvalue weighted by Gasteiger charge is 2.33. The molecule has 0 spiro atoms. The smallest absolute Gasteiger partial charge is 0.353 e. The largest absolute Gasteiger partial charge is 0.417 e. The van der Waals surface area contributed by atoms with Crippen LogP contribution < -0.4 is 0 Å². The third-order valence-corrected chi connectivity index (χ3v) is 5.19. The van der Waals surface area contributed by atoms with Crippen LogP contribution in [0.25, 0.3) is 33.7 Å². The molecule has 29 heavy (non-hydrogen) atoms. The number of alkyl halides is 3. The van der Waals surface area contributed by atoms with Crippen molar-refractivity contribution in [1.82, 2.24) is 15.1 Å². The van der Waals surface area contributed by atoms with Crippen LogP contribution in [-0.4, -0.2) is 15.1 Å². The van der Waals surface area contributed by atoms with Gasteiger partial charge in [0.15, 0.2) is 5.82 Å². The molecule has 0 aliphatic carbocycles. The molecule has 0 saturated carbocycles. The van der Waals surface area contributed by atoms with Gasteiger partial charge in [-0.3, -0.25) is 0 Å². The Hall–Kier alpha value is -3.09. The van der Waals surface area contributed by atoms with Gasteiger partial charge in [0.25, 0.3) is 0 Å². The van der Waals surface area contributed by atoms with E-state index in [0.717, 1.165) is 24.6 Å². The molecule has 150 valence electrons. The van der Waals surface area contributed by atoms with Crippen molar-refractivity contribution in [1.29, 1.82) is 0 Å². The normalized spacial score (nSPS) is 12.2. The first-order chi connectivity index (χ1) is 13.9. The number of fused-ring (bicyclic) bond motifs is 1. The topological polar surface area (TPSA) is 54.7 Å². The SMILES string of the molecule is CCC(CC)c1cc(-c2nc3ccc(-c4ccccc4C(F)(F)F)cc3[nH]2)on1. The Bertz CT molecular complexity index is 1140. The zero-order valence-electron chi connectivity index (χ0n) is 16.0. The quantitative estimate of drug-likeness (QED) is 0.401. The molecule has 0 aliphatic heterocycles. The lowest BCUT2D eigenvalue weighted by molar-refractivity contribution is -0.137. The zero-order valence-corrected chi connectivity index (χ0v) is 16.0. The van der Waals surface area contributed by atoms with Crippen molar-refractivity contribution in [2.24, 2.45) is 0 Å². The summed E-state index contributed by atoms with van der Waals surface area (Å²) in [5.41, 5.74) is 2.10. The van der Waals surface area contributed by atoms with Crippen molar-refractivity contribution in [3.63, 3.8) is 0 Å². The summed E-state index contributed by atoms with van der Waals surface area (Å²) in [4.78, 5) is 7.64. The maximum Gasteiger partial charge on any atom is 0.417 e. The first-order valence-electron chi connectivity index (χ1n) is 9.54. The highest BCUT2D eigenvalue weighted by molar-refractivity contribution is 5.84. The van der Waals surface area contributed by atoms with Gasteiger partial charge in [0.1, 0.15) is 0 Å². The molecular weight excluding hydrogens is 379 g/mol. The van der Waals surface area contributed by atoms with Crippen molar-refractivity contribution in [2.45, 2.75) is 38.8 Å². The van der Waals surface area contributed by atoms with E-state index in [1.165, 1.54) is 12.1 Å². The van der Waals surface area contributed by atoms with E-state index in [1.807, 2.05) is 6.07 Å². The Morgan fingerprint density at radius 1 is 1.03 bits per heavy atom. The van der Waals surface area contributed by atoms with Crippen molar-refractivity contribution in [3.8, 4) is 22.7 Å². The third-order valence-electron chi connectivity index (χ3n) is 5.19. The lowest BCUT2D eigenvalue weighted by Gasteiger charge is -2.12. The monoisotopic (exact) mass is 399 g/mol. The fourth-order valence-electron chi connectivity index (χ4n) is 3.58. The Kier molecular flexibility index (Phi) is 4.90. The maximum atomic E-state index is 13.4. The number of hydrogen-bond donors (Lipinski definition) is 1. The van der Waals surface area contributed by atoms with Crippen molar-refractivity contribution < 1.29 is 17.7 Å². The highest BCUT2D eigenvalue weighted by atomic mass is 19.4. The number of benzene rings is 2. The molecule has 0 radical (unpaired) electrons. The Balaban J connectivity index is 1.73. The number of nitrogens with zero attached hydrogens (tertiary/aromatic N) is 2. The van der Waals surface area contributed by atoms with E-state index in [2.05, 4.69) is 29.0 Å². The molecule has 0 saturated heterocycles. The Morgan fingerprint density at radius 3 is 2.52 bits per heavy atom. The van der Waals surface area contributed by atoms with Crippen LogP contribution in [0.5, 0.6) is 0 Å². The van der Waals surface area contributed by atoms with Gasteiger partial charge in [0.05, 0.1) is 22.3 Å². The second kappa shape index (κ2) is 7.39. The van der Waals surface area contributed by atoms with Crippen LogP contribution in [0.15, 0.2) is 53.1 Å². The van der Waals surface area contributed by atoms with Crippen LogP contribution in [-0.2, 0) is 6.18 Å². The van der Waals surface area contributed by atoms with Crippen LogP contribution in [0.2, 0.25) is 0 Å². The molecule has 0 fully saturated rings. The van der Waals surface area contributed by atoms with Gasteiger partial charge in [-0.25, -0.2) is 4.98 Å². The number of aromatic nitrogens is 3. The van der Waals surface area contributed by atoms with E-state index in [4.69, 9.17) is 4.52 Å². The minimum absolute atomic E-state index is 0.133. The summed E-state index contributed by atoms with van der Waals surface area (Å²) in [5, 5.41) is 4.15. The van der Waals surface area contributed by atoms with E-state index in [9.17, 15) is 13.2 Å². The lowest BCUT2D eigenvalue weighted by atomic mass is 9.99. The first-order valence-corrected chi connectivity index (χ1v) is 9.54. The third kappa shape index (κ3) is 3.64. The predicted octanol–water partition coefficient (Wildman–Crippen LogP) is 6.81. The summed E-state index contributed by atoms with van der Waals surface area (Å²) in [6.45, 7) is 4.20. The minimum Gasteiger partial charge on any atom is -0.353 e. The molecule has 2 aromatic carbocycles. The fourth-order valence-corrected chi connectivity index (χ4v) is 3.58. The van der Waals surface area contributed by atoms with E-state index >= 15 is 0 Å². The van der Waals surface area contributed by atoms with Crippen LogP contribution >= 0.6 is 0 Å². The average Bonchev–Trinajstić information content (AvgIpc) is 3.35. The van der Waals surface area contributed by atoms with Gasteiger partial charge in [-0.05, 0) is 42.2 Å². The van der Waals surface area contributed by atoms with Gasteiger partial charge in [-0.1, -0.05) is 43.3 Å². The summed E-state index contributed by atoms with van der Waals surface area (Å²) in [6, 6.07) is 12.4. The highest BCUT2D eigenvalue weighted by Crippen LogP contribution is 2.37. The molecule has 0 amide bonds. The van der Waals surface area contributed by atoms with Gasteiger partial charge in [-0.15, -0.1) is 0 Å². The summed E-state index contributed by atoms with van der Waals surface area (Å²) in [7, 11) is 0. The summed E-state index contributed by atoms with van der Waals surface area (Å²) in [6.07, 6.45) is -2.49. The second-order valence-corrected chi connectivity index (χ2v) is 6.99. The molecule has 1 N–H and O–H groups in total. The predicted molar refractivity (Wildman–Crippen MR) is 105 cm³/mol. The molecule has 4 nitrogen and oxygen atoms in total. The number of aromatic amines is 1. The van der Waals surface area contributed by atoms with Gasteiger partial charge in [-0.2, -0.15) is 13.2 Å². The fraction of sp³-hybridized carbons (Fsp3) is 0.273. The summed E-state index contributed by atoms with van der Waals surface area (Å²) in [5.74, 6) is 1.34. The number of halogens is 3. The van der Waals surface area contributed by atoms with E-state index in [1.54, 1.807) is 24.3 Å². The van der Waals surface area contributed by atoms with Crippen LogP contribution in [0.1, 0.15) is 43.9 Å². The lowest BCUT2D eigenvalue weighted by Crippen LogP contribution is -2.06. The second-order valence-electron chi connectivity index (χ2n) is 6.99. The zero-order chi connectivity index (χ0) is 20.6. The van der Waals surface area contributed by atoms with Crippen LogP contribution in [0.3, 0.4) is 0 Å². The van der Waals surface area contributed by atoms with Gasteiger partial charge in [0.2, 0.25) is 5.76 Å². The number of nitrogens with one attached hydrogen (secondary N) is 1. The molecule has 4 rings (SSSR count). The standard InChI is InChI=1S/C22H20F3N3O/c1-3-13(4-2)18-12-20(29-28-18)21-26-17-10-9-14(11-19(17)27-21)15-7-5-6-8-16(15)22(23,24)25/h5-13H,3-4H2,1-2H3,(H,26,27). The molecular formula is C22H20F3N3O. The number of H-pyrrole nitrogens is 1. The van der Waals surface area contributed by atoms with Gasteiger partial charge in [0, 0.05) is 12.0 Å². The van der Waals surface area contributed by atoms with Crippen molar-refractivity contribution in [3.05, 3.63) is 59.8 Å². The molecule has 0 bridgehead atoms. The van der Waals surface area contributed by atoms with Crippen LogP contribution in [0.4, 0.5) is 13.2 Å². The van der Waals surface area contributed by atoms with Gasteiger partial charge >= 0.3 is 6.18 Å². The molecule has 0 atom stereocenters. The molecule has 7 heteroatoms. The molecule has 0 aliphatic rings. The van der Waals surface area contributed by atoms with Gasteiger partial charge < -0.3 is 9.51 Å². The molecule has 0 unspecified atom stereocenters. The molecule has 4 aromatic rings. The maximum absolute atomic E-state index is 13.4. The Labute approximate surface area is 165 Å². The van der Waals surface area contributed by atoms with Crippen LogP contribution in [0, 0.1) is 0 Å². The van der Waals surface area contributed by atoms with Crippen molar-refractivity contribution >= 4 is 11.0 Å². The summed E-state index contributed by atoms with van der Waals surface area (Å²) >= 11 is 0. The first kappa shape index (κ1) is 19.2. The summed E-state index contributed by atoms with van der Waals surface area (Å²) < 4.78 is 45.5. The molecule has 2 aromatic heterocycles. The number of imidazole rings is 1. The number of hydrogen-bond acceptors (Lipinski definition) is 3. The van der Waals surface area contributed by atoms with Crippen molar-refractivity contribution in [2.75, 3.05) is 0 Å². The van der Waals surface area contributed by atoms with E-state index in [0.29, 0.717) is 34.1 Å². The average molecular weight is 399 g/mol. The van der Waals surface area contributed by atoms with E-state index < -0.39 is 11.7 Å². The van der Waals surface area contributed by atoms with E-state index in [-0.39, 0.29) is 5.56 Å². The minimum atomic E-state index is -4.42. The Morgan fingerprint density at radius 2 is 1.79 bits per heavy atom. The number of rotatable bonds is 5. The molecule has 2 heterocycles.